The first-order valence-corrected chi connectivity index (χ1v) is 10.7. The van der Waals surface area contributed by atoms with E-state index in [1.807, 2.05) is 6.92 Å². The molecule has 9 nitrogen and oxygen atoms in total. The van der Waals surface area contributed by atoms with Crippen molar-refractivity contribution in [2.45, 2.75) is 30.9 Å². The summed E-state index contributed by atoms with van der Waals surface area (Å²) in [5, 5.41) is 9.08. The van der Waals surface area contributed by atoms with Crippen LogP contribution in [0.3, 0.4) is 0 Å². The average molecular weight is 412 g/mol. The van der Waals surface area contributed by atoms with Crippen molar-refractivity contribution in [3.8, 4) is 0 Å². The molecule has 1 saturated heterocycles. The van der Waals surface area contributed by atoms with Gasteiger partial charge < -0.3 is 11.1 Å². The minimum absolute atomic E-state index is 0.0461. The number of nitrogens with one attached hydrogen (secondary N) is 2. The number of hydrogen-bond donors (Lipinski definition) is 3. The van der Waals surface area contributed by atoms with Crippen LogP contribution in [0.1, 0.15) is 33.9 Å². The third-order valence-corrected chi connectivity index (χ3v) is 7.83. The minimum Gasteiger partial charge on any atom is -0.364 e. The lowest BCUT2D eigenvalue weighted by molar-refractivity contribution is -0.120. The Labute approximate surface area is 161 Å². The number of aromatic amines is 1. The summed E-state index contributed by atoms with van der Waals surface area (Å²) in [4.78, 5) is 25.0. The molecule has 1 atom stereocenters. The molecule has 0 aliphatic carbocycles. The molecule has 0 spiro atoms. The van der Waals surface area contributed by atoms with Gasteiger partial charge in [-0.2, -0.15) is 9.40 Å². The molecule has 0 bridgehead atoms. The van der Waals surface area contributed by atoms with Crippen molar-refractivity contribution in [3.05, 3.63) is 28.4 Å². The number of hydrogen-bond acceptors (Lipinski definition) is 6. The number of primary amides is 1. The van der Waals surface area contributed by atoms with Crippen LogP contribution in [0.15, 0.2) is 16.3 Å². The molecule has 0 saturated carbocycles. The van der Waals surface area contributed by atoms with Crippen LogP contribution in [-0.4, -0.2) is 47.8 Å². The van der Waals surface area contributed by atoms with E-state index in [-0.39, 0.29) is 28.0 Å². The second-order valence-electron chi connectivity index (χ2n) is 6.49. The third kappa shape index (κ3) is 3.89. The topological polar surface area (TPSA) is 138 Å². The van der Waals surface area contributed by atoms with Gasteiger partial charge in [-0.1, -0.05) is 0 Å². The fourth-order valence-electron chi connectivity index (χ4n) is 3.04. The number of piperidine rings is 1. The average Bonchev–Trinajstić information content (AvgIpc) is 3.22. The number of sulfonamides is 1. The SMILES string of the molecule is Cc1ccc(S(=O)(=O)N2CCCC(C(=O)Nc3c(C(N)=O)n[nH]c3C)C2)s1. The number of rotatable bonds is 5. The maximum absolute atomic E-state index is 12.8. The predicted molar refractivity (Wildman–Crippen MR) is 101 cm³/mol. The lowest BCUT2D eigenvalue weighted by Gasteiger charge is -2.30. The monoisotopic (exact) mass is 411 g/mol. The molecule has 2 aromatic heterocycles. The van der Waals surface area contributed by atoms with Crippen molar-refractivity contribution in [2.75, 3.05) is 18.4 Å². The zero-order valence-electron chi connectivity index (χ0n) is 15.0. The van der Waals surface area contributed by atoms with Crippen molar-refractivity contribution in [3.63, 3.8) is 0 Å². The molecule has 11 heteroatoms. The van der Waals surface area contributed by atoms with Gasteiger partial charge in [-0.3, -0.25) is 14.7 Å². The molecule has 3 rings (SSSR count). The zero-order chi connectivity index (χ0) is 19.8. The predicted octanol–water partition coefficient (Wildman–Crippen LogP) is 1.23. The van der Waals surface area contributed by atoms with E-state index in [0.29, 0.717) is 25.1 Å². The summed E-state index contributed by atoms with van der Waals surface area (Å²) in [5.74, 6) is -1.63. The number of carbonyl (C=O) groups excluding carboxylic acids is 2. The Balaban J connectivity index is 1.76. The minimum atomic E-state index is -3.62. The third-order valence-electron chi connectivity index (χ3n) is 4.49. The van der Waals surface area contributed by atoms with Crippen molar-refractivity contribution >= 4 is 38.9 Å². The normalized spacial score (nSPS) is 18.4. The summed E-state index contributed by atoms with van der Waals surface area (Å²) in [6.45, 7) is 3.97. The second kappa shape index (κ2) is 7.41. The molecule has 1 aliphatic rings. The van der Waals surface area contributed by atoms with E-state index in [2.05, 4.69) is 15.5 Å². The molecule has 146 valence electrons. The van der Waals surface area contributed by atoms with Crippen molar-refractivity contribution < 1.29 is 18.0 Å². The number of H-pyrrole nitrogens is 1. The first-order valence-electron chi connectivity index (χ1n) is 8.42. The van der Waals surface area contributed by atoms with E-state index in [1.54, 1.807) is 19.1 Å². The highest BCUT2D eigenvalue weighted by molar-refractivity contribution is 7.91. The van der Waals surface area contributed by atoms with Crippen LogP contribution in [-0.2, 0) is 14.8 Å². The van der Waals surface area contributed by atoms with Crippen molar-refractivity contribution in [2.24, 2.45) is 11.7 Å². The Bertz CT molecular complexity index is 979. The van der Waals surface area contributed by atoms with E-state index >= 15 is 0 Å². The van der Waals surface area contributed by atoms with Gasteiger partial charge in [0.05, 0.1) is 17.3 Å². The summed E-state index contributed by atoms with van der Waals surface area (Å²) >= 11 is 1.21. The number of carbonyl (C=O) groups is 2. The van der Waals surface area contributed by atoms with E-state index in [4.69, 9.17) is 5.73 Å². The van der Waals surface area contributed by atoms with Crippen molar-refractivity contribution in [1.82, 2.24) is 14.5 Å². The van der Waals surface area contributed by atoms with Crippen LogP contribution < -0.4 is 11.1 Å². The number of nitrogens with two attached hydrogens (primary N) is 1. The molecule has 1 aliphatic heterocycles. The standard InChI is InChI=1S/C16H21N5O4S2/c1-9-5-6-12(26-9)27(24,25)21-7-3-4-11(8-21)16(23)18-13-10(2)19-20-14(13)15(17)22/h5-6,11H,3-4,7-8H2,1-2H3,(H2,17,22)(H,18,23)(H,19,20). The fraction of sp³-hybridized carbons (Fsp3) is 0.438. The smallest absolute Gasteiger partial charge is 0.271 e. The van der Waals surface area contributed by atoms with Crippen LogP contribution in [0.4, 0.5) is 5.69 Å². The molecule has 2 amide bonds. The van der Waals surface area contributed by atoms with E-state index in [9.17, 15) is 18.0 Å². The number of amides is 2. The van der Waals surface area contributed by atoms with Gasteiger partial charge in [0.15, 0.2) is 5.69 Å². The zero-order valence-corrected chi connectivity index (χ0v) is 16.6. The van der Waals surface area contributed by atoms with Gasteiger partial charge >= 0.3 is 0 Å². The van der Waals surface area contributed by atoms with E-state index < -0.39 is 21.8 Å². The molecule has 1 fully saturated rings. The Morgan fingerprint density at radius 2 is 2.11 bits per heavy atom. The van der Waals surface area contributed by atoms with Gasteiger partial charge in [0, 0.05) is 18.0 Å². The maximum Gasteiger partial charge on any atom is 0.271 e. The summed E-state index contributed by atoms with van der Waals surface area (Å²) in [6, 6.07) is 3.35. The van der Waals surface area contributed by atoms with Crippen LogP contribution in [0, 0.1) is 19.8 Å². The Kier molecular flexibility index (Phi) is 5.36. The highest BCUT2D eigenvalue weighted by Gasteiger charge is 2.34. The number of aryl methyl sites for hydroxylation is 2. The number of thiophene rings is 1. The van der Waals surface area contributed by atoms with Gasteiger partial charge in [-0.25, -0.2) is 8.42 Å². The maximum atomic E-state index is 12.8. The first kappa shape index (κ1) is 19.5. The largest absolute Gasteiger partial charge is 0.364 e. The molecule has 2 aromatic rings. The van der Waals surface area contributed by atoms with E-state index in [0.717, 1.165) is 4.88 Å². The Morgan fingerprint density at radius 3 is 2.74 bits per heavy atom. The summed E-state index contributed by atoms with van der Waals surface area (Å²) in [6.07, 6.45) is 1.14. The molecule has 3 heterocycles. The second-order valence-corrected chi connectivity index (χ2v) is 9.95. The molecule has 0 aromatic carbocycles. The van der Waals surface area contributed by atoms with Crippen LogP contribution in [0.25, 0.3) is 0 Å². The summed E-state index contributed by atoms with van der Waals surface area (Å²) in [5.41, 5.74) is 5.97. The highest BCUT2D eigenvalue weighted by Crippen LogP contribution is 2.29. The van der Waals surface area contributed by atoms with Crippen molar-refractivity contribution in [1.29, 1.82) is 0 Å². The molecular formula is C16H21N5O4S2. The number of nitrogens with zero attached hydrogens (tertiary/aromatic N) is 2. The van der Waals surface area contributed by atoms with Gasteiger partial charge in [-0.15, -0.1) is 11.3 Å². The van der Waals surface area contributed by atoms with Crippen LogP contribution >= 0.6 is 11.3 Å². The Morgan fingerprint density at radius 1 is 1.37 bits per heavy atom. The Hall–Kier alpha value is -2.24. The lowest BCUT2D eigenvalue weighted by Crippen LogP contribution is -2.43. The summed E-state index contributed by atoms with van der Waals surface area (Å²) in [7, 11) is -3.62. The van der Waals surface area contributed by atoms with Gasteiger partial charge in [0.1, 0.15) is 4.21 Å². The van der Waals surface area contributed by atoms with Gasteiger partial charge in [-0.05, 0) is 38.8 Å². The molecule has 1 unspecified atom stereocenters. The first-order chi connectivity index (χ1) is 12.7. The van der Waals surface area contributed by atoms with Crippen LogP contribution in [0.5, 0.6) is 0 Å². The molecular weight excluding hydrogens is 390 g/mol. The van der Waals surface area contributed by atoms with E-state index in [1.165, 1.54) is 15.6 Å². The number of anilines is 1. The number of aromatic nitrogens is 2. The molecule has 0 radical (unpaired) electrons. The highest BCUT2D eigenvalue weighted by atomic mass is 32.2. The van der Waals surface area contributed by atoms with Crippen LogP contribution in [0.2, 0.25) is 0 Å². The van der Waals surface area contributed by atoms with Gasteiger partial charge in [0.25, 0.3) is 15.9 Å². The lowest BCUT2D eigenvalue weighted by atomic mass is 9.98. The fourth-order valence-corrected chi connectivity index (χ4v) is 6.00. The summed E-state index contributed by atoms with van der Waals surface area (Å²) < 4.78 is 27.3. The molecule has 4 N–H and O–H groups in total. The molecule has 27 heavy (non-hydrogen) atoms. The van der Waals surface area contributed by atoms with Gasteiger partial charge in [0.2, 0.25) is 5.91 Å². The quantitative estimate of drug-likeness (QED) is 0.679.